The summed E-state index contributed by atoms with van der Waals surface area (Å²) in [4.78, 5) is 15.0. The number of thiophene rings is 1. The van der Waals surface area contributed by atoms with Crippen molar-refractivity contribution < 1.29 is 9.53 Å². The van der Waals surface area contributed by atoms with Gasteiger partial charge in [0.25, 0.3) is 0 Å². The van der Waals surface area contributed by atoms with Crippen molar-refractivity contribution in [2.24, 2.45) is 0 Å². The Morgan fingerprint density at radius 3 is 2.76 bits per heavy atom. The number of nitrogen functional groups attached to an aromatic ring is 1. The predicted octanol–water partition coefficient (Wildman–Crippen LogP) is 3.06. The minimum atomic E-state index is -0.467. The van der Waals surface area contributed by atoms with Crippen LogP contribution in [-0.4, -0.2) is 19.1 Å². The van der Waals surface area contributed by atoms with E-state index in [9.17, 15) is 4.79 Å². The molecule has 4 nitrogen and oxygen atoms in total. The van der Waals surface area contributed by atoms with Crippen LogP contribution in [0.4, 0.5) is 17.1 Å². The molecule has 108 valence electrons. The molecule has 1 aromatic carbocycles. The Morgan fingerprint density at radius 1 is 1.24 bits per heavy atom. The van der Waals surface area contributed by atoms with Crippen molar-refractivity contribution in [2.45, 2.75) is 18.3 Å². The first kappa shape index (κ1) is 12.9. The summed E-state index contributed by atoms with van der Waals surface area (Å²) in [6.45, 7) is 1.24. The van der Waals surface area contributed by atoms with Gasteiger partial charge >= 0.3 is 0 Å². The van der Waals surface area contributed by atoms with Crippen LogP contribution in [0.15, 0.2) is 35.0 Å². The summed E-state index contributed by atoms with van der Waals surface area (Å²) in [5.74, 6) is 0.157. The van der Waals surface area contributed by atoms with Crippen LogP contribution in [0.25, 0.3) is 0 Å². The number of nitrogens with zero attached hydrogens (tertiary/aromatic N) is 1. The first-order valence-electron chi connectivity index (χ1n) is 7.07. The van der Waals surface area contributed by atoms with E-state index in [1.54, 1.807) is 11.3 Å². The number of ether oxygens (including phenoxy) is 1. The van der Waals surface area contributed by atoms with Gasteiger partial charge in [0.2, 0.25) is 5.91 Å². The zero-order chi connectivity index (χ0) is 14.4. The van der Waals surface area contributed by atoms with Gasteiger partial charge in [-0.05, 0) is 48.1 Å². The van der Waals surface area contributed by atoms with Gasteiger partial charge < -0.3 is 10.5 Å². The van der Waals surface area contributed by atoms with Gasteiger partial charge in [-0.3, -0.25) is 9.69 Å². The van der Waals surface area contributed by atoms with Crippen molar-refractivity contribution >= 4 is 34.3 Å². The molecule has 1 spiro atoms. The molecule has 2 aromatic rings. The van der Waals surface area contributed by atoms with Gasteiger partial charge in [-0.15, -0.1) is 0 Å². The number of carbonyl (C=O) groups is 1. The minimum absolute atomic E-state index is 0.157. The molecule has 3 heterocycles. The number of carbonyl (C=O) groups excluding carboxylic acids is 1. The highest BCUT2D eigenvalue weighted by Gasteiger charge is 2.52. The van der Waals surface area contributed by atoms with E-state index in [2.05, 4.69) is 0 Å². The van der Waals surface area contributed by atoms with Crippen LogP contribution in [0.3, 0.4) is 0 Å². The van der Waals surface area contributed by atoms with Crippen molar-refractivity contribution in [3.05, 3.63) is 40.6 Å². The molecule has 0 unspecified atom stereocenters. The normalized spacial score (nSPS) is 20.0. The summed E-state index contributed by atoms with van der Waals surface area (Å²) in [5.41, 5.74) is 9.18. The highest BCUT2D eigenvalue weighted by molar-refractivity contribution is 7.08. The first-order valence-corrected chi connectivity index (χ1v) is 8.01. The van der Waals surface area contributed by atoms with Gasteiger partial charge in [0.15, 0.2) is 0 Å². The topological polar surface area (TPSA) is 55.6 Å². The Labute approximate surface area is 127 Å². The average molecular weight is 300 g/mol. The number of fused-ring (bicyclic) bond motifs is 2. The van der Waals surface area contributed by atoms with Crippen LogP contribution in [-0.2, 0) is 14.9 Å². The van der Waals surface area contributed by atoms with E-state index in [0.29, 0.717) is 18.9 Å². The lowest BCUT2D eigenvalue weighted by molar-refractivity contribution is -0.125. The summed E-state index contributed by atoms with van der Waals surface area (Å²) in [6, 6.07) is 7.78. The molecule has 21 heavy (non-hydrogen) atoms. The van der Waals surface area contributed by atoms with E-state index in [1.165, 1.54) is 0 Å². The Hall–Kier alpha value is -1.85. The molecule has 4 rings (SSSR count). The van der Waals surface area contributed by atoms with Crippen molar-refractivity contribution in [1.82, 2.24) is 0 Å². The summed E-state index contributed by atoms with van der Waals surface area (Å²) < 4.78 is 5.48. The van der Waals surface area contributed by atoms with Gasteiger partial charge in [0.05, 0.1) is 16.8 Å². The molecular formula is C16H16N2O2S. The maximum atomic E-state index is 13.2. The van der Waals surface area contributed by atoms with E-state index < -0.39 is 5.41 Å². The molecule has 0 aliphatic carbocycles. The van der Waals surface area contributed by atoms with Crippen LogP contribution in [0.1, 0.15) is 18.4 Å². The second-order valence-electron chi connectivity index (χ2n) is 5.59. The molecule has 1 fully saturated rings. The Kier molecular flexibility index (Phi) is 2.80. The SMILES string of the molecule is Nc1ccc2c(c1)C1(CCOCC1)C(=O)N2c1ccsc1. The lowest BCUT2D eigenvalue weighted by atomic mass is 9.75. The van der Waals surface area contributed by atoms with E-state index in [1.807, 2.05) is 39.9 Å². The van der Waals surface area contributed by atoms with E-state index in [0.717, 1.165) is 29.8 Å². The molecular weight excluding hydrogens is 284 g/mol. The predicted molar refractivity (Wildman–Crippen MR) is 84.1 cm³/mol. The van der Waals surface area contributed by atoms with Crippen LogP contribution < -0.4 is 10.6 Å². The number of hydrogen-bond acceptors (Lipinski definition) is 4. The van der Waals surface area contributed by atoms with Crippen LogP contribution in [0.5, 0.6) is 0 Å². The monoisotopic (exact) mass is 300 g/mol. The number of amides is 1. The molecule has 0 atom stereocenters. The van der Waals surface area contributed by atoms with E-state index in [4.69, 9.17) is 10.5 Å². The number of benzene rings is 1. The molecule has 2 aliphatic heterocycles. The smallest absolute Gasteiger partial charge is 0.242 e. The maximum Gasteiger partial charge on any atom is 0.242 e. The van der Waals surface area contributed by atoms with Gasteiger partial charge in [-0.1, -0.05) is 0 Å². The Morgan fingerprint density at radius 2 is 2.05 bits per heavy atom. The van der Waals surface area contributed by atoms with Crippen molar-refractivity contribution in [1.29, 1.82) is 0 Å². The number of rotatable bonds is 1. The van der Waals surface area contributed by atoms with Gasteiger partial charge in [-0.2, -0.15) is 11.3 Å². The molecule has 1 saturated heterocycles. The molecule has 0 bridgehead atoms. The van der Waals surface area contributed by atoms with Crippen LogP contribution in [0, 0.1) is 0 Å². The third-order valence-electron chi connectivity index (χ3n) is 4.50. The lowest BCUT2D eigenvalue weighted by Crippen LogP contribution is -2.42. The molecule has 5 heteroatoms. The number of anilines is 3. The summed E-state index contributed by atoms with van der Waals surface area (Å²) in [6.07, 6.45) is 1.45. The molecule has 1 aromatic heterocycles. The summed E-state index contributed by atoms with van der Waals surface area (Å²) in [5, 5.41) is 4.00. The second kappa shape index (κ2) is 4.58. The van der Waals surface area contributed by atoms with E-state index in [-0.39, 0.29) is 5.91 Å². The third kappa shape index (κ3) is 1.74. The molecule has 1 amide bonds. The van der Waals surface area contributed by atoms with Gasteiger partial charge in [-0.25, -0.2) is 0 Å². The molecule has 2 N–H and O–H groups in total. The standard InChI is InChI=1S/C16H16N2O2S/c17-11-1-2-14-13(9-11)16(4-6-20-7-5-16)15(19)18(14)12-3-8-21-10-12/h1-3,8-10H,4-7,17H2. The van der Waals surface area contributed by atoms with Crippen molar-refractivity contribution in [3.8, 4) is 0 Å². The minimum Gasteiger partial charge on any atom is -0.399 e. The zero-order valence-electron chi connectivity index (χ0n) is 11.5. The molecule has 2 aliphatic rings. The lowest BCUT2D eigenvalue weighted by Gasteiger charge is -2.32. The summed E-state index contributed by atoms with van der Waals surface area (Å²) in [7, 11) is 0. The van der Waals surface area contributed by atoms with Gasteiger partial charge in [0, 0.05) is 24.3 Å². The van der Waals surface area contributed by atoms with Crippen LogP contribution >= 0.6 is 11.3 Å². The number of nitrogens with two attached hydrogens (primary N) is 1. The molecule has 0 radical (unpaired) electrons. The Bertz CT molecular complexity index is 690. The quantitative estimate of drug-likeness (QED) is 0.824. The molecule has 0 saturated carbocycles. The van der Waals surface area contributed by atoms with Crippen LogP contribution in [0.2, 0.25) is 0 Å². The second-order valence-corrected chi connectivity index (χ2v) is 6.37. The highest BCUT2D eigenvalue weighted by Crippen LogP contribution is 2.51. The van der Waals surface area contributed by atoms with E-state index >= 15 is 0 Å². The largest absolute Gasteiger partial charge is 0.399 e. The Balaban J connectivity index is 1.92. The van der Waals surface area contributed by atoms with Crippen molar-refractivity contribution in [3.63, 3.8) is 0 Å². The maximum absolute atomic E-state index is 13.2. The fourth-order valence-electron chi connectivity index (χ4n) is 3.41. The average Bonchev–Trinajstić information content (AvgIpc) is 3.09. The highest BCUT2D eigenvalue weighted by atomic mass is 32.1. The fraction of sp³-hybridized carbons (Fsp3) is 0.312. The zero-order valence-corrected chi connectivity index (χ0v) is 12.4. The summed E-state index contributed by atoms with van der Waals surface area (Å²) >= 11 is 1.60. The third-order valence-corrected chi connectivity index (χ3v) is 5.17. The number of hydrogen-bond donors (Lipinski definition) is 1. The van der Waals surface area contributed by atoms with Gasteiger partial charge in [0.1, 0.15) is 0 Å². The first-order chi connectivity index (χ1) is 10.2. The van der Waals surface area contributed by atoms with Crippen molar-refractivity contribution in [2.75, 3.05) is 23.8 Å². The fourth-order valence-corrected chi connectivity index (χ4v) is 4.03.